The van der Waals surface area contributed by atoms with E-state index in [9.17, 15) is 4.79 Å². The summed E-state index contributed by atoms with van der Waals surface area (Å²) < 4.78 is 0. The number of carbonyl (C=O) groups is 1. The summed E-state index contributed by atoms with van der Waals surface area (Å²) in [6, 6.07) is -0.00133. The number of rotatable bonds is 2. The van der Waals surface area contributed by atoms with Gasteiger partial charge in [-0.1, -0.05) is 19.3 Å². The zero-order valence-electron chi connectivity index (χ0n) is 10.1. The molecule has 2 rings (SSSR count). The summed E-state index contributed by atoms with van der Waals surface area (Å²) in [4.78, 5) is 17.4. The Labute approximate surface area is 106 Å². The highest BCUT2D eigenvalue weighted by Crippen LogP contribution is 2.24. The first-order valence-corrected chi connectivity index (χ1v) is 6.97. The second-order valence-corrected chi connectivity index (χ2v) is 5.91. The Kier molecular flexibility index (Phi) is 4.12. The van der Waals surface area contributed by atoms with Crippen LogP contribution in [0.25, 0.3) is 0 Å². The number of amides is 1. The van der Waals surface area contributed by atoms with E-state index in [0.717, 1.165) is 30.6 Å². The number of hydrogen-bond donors (Lipinski definition) is 2. The maximum absolute atomic E-state index is 12.1. The second kappa shape index (κ2) is 5.60. The van der Waals surface area contributed by atoms with E-state index in [2.05, 4.69) is 10.3 Å². The summed E-state index contributed by atoms with van der Waals surface area (Å²) in [5.74, 6) is -0.0181. The molecule has 1 aliphatic carbocycles. The molecule has 1 heterocycles. The van der Waals surface area contributed by atoms with Gasteiger partial charge in [0, 0.05) is 17.1 Å². The lowest BCUT2D eigenvalue weighted by atomic mass is 9.95. The minimum absolute atomic E-state index is 0.00133. The van der Waals surface area contributed by atoms with Crippen molar-refractivity contribution in [2.24, 2.45) is 11.7 Å². The Hall–Kier alpha value is -0.940. The highest BCUT2D eigenvalue weighted by Gasteiger charge is 2.27. The van der Waals surface area contributed by atoms with Crippen molar-refractivity contribution < 1.29 is 4.79 Å². The summed E-state index contributed by atoms with van der Waals surface area (Å²) in [5.41, 5.74) is 6.06. The lowest BCUT2D eigenvalue weighted by Gasteiger charge is -2.19. The van der Waals surface area contributed by atoms with Gasteiger partial charge in [0.25, 0.3) is 0 Å². The summed E-state index contributed by atoms with van der Waals surface area (Å²) >= 11 is 1.50. The van der Waals surface area contributed by atoms with Crippen LogP contribution in [0.1, 0.15) is 37.0 Å². The Morgan fingerprint density at radius 3 is 2.94 bits per heavy atom. The molecular formula is C12H19N3OS. The third kappa shape index (κ3) is 3.26. The van der Waals surface area contributed by atoms with E-state index in [4.69, 9.17) is 5.73 Å². The lowest BCUT2D eigenvalue weighted by molar-refractivity contribution is -0.120. The molecule has 94 valence electrons. The number of thiazole rings is 1. The van der Waals surface area contributed by atoms with Gasteiger partial charge in [0.15, 0.2) is 5.13 Å². The third-order valence-corrected chi connectivity index (χ3v) is 4.09. The normalized spacial score (nSPS) is 25.3. The van der Waals surface area contributed by atoms with Crippen LogP contribution in [0.15, 0.2) is 6.20 Å². The molecule has 1 fully saturated rings. The SMILES string of the molecule is Cc1cnc(NC(=O)C2CCCCCC2N)s1. The van der Waals surface area contributed by atoms with E-state index in [0.29, 0.717) is 5.13 Å². The summed E-state index contributed by atoms with van der Waals surface area (Å²) in [6.07, 6.45) is 7.05. The Bertz CT molecular complexity index is 391. The van der Waals surface area contributed by atoms with Gasteiger partial charge in [0.05, 0.1) is 5.92 Å². The molecule has 0 radical (unpaired) electrons. The molecule has 4 nitrogen and oxygen atoms in total. The topological polar surface area (TPSA) is 68.0 Å². The molecule has 1 aliphatic rings. The van der Waals surface area contributed by atoms with Crippen LogP contribution in [0.4, 0.5) is 5.13 Å². The highest BCUT2D eigenvalue weighted by molar-refractivity contribution is 7.15. The number of aryl methyl sites for hydroxylation is 1. The van der Waals surface area contributed by atoms with E-state index >= 15 is 0 Å². The van der Waals surface area contributed by atoms with Crippen molar-refractivity contribution in [2.45, 2.75) is 45.1 Å². The van der Waals surface area contributed by atoms with Crippen LogP contribution in [0.2, 0.25) is 0 Å². The van der Waals surface area contributed by atoms with Crippen LogP contribution < -0.4 is 11.1 Å². The molecule has 17 heavy (non-hydrogen) atoms. The Morgan fingerprint density at radius 2 is 2.24 bits per heavy atom. The van der Waals surface area contributed by atoms with E-state index < -0.39 is 0 Å². The smallest absolute Gasteiger partial charge is 0.230 e. The number of aromatic nitrogens is 1. The summed E-state index contributed by atoms with van der Waals surface area (Å²) in [5, 5.41) is 3.56. The van der Waals surface area contributed by atoms with E-state index in [1.165, 1.54) is 17.8 Å². The van der Waals surface area contributed by atoms with Crippen molar-refractivity contribution in [3.63, 3.8) is 0 Å². The molecule has 2 atom stereocenters. The summed E-state index contributed by atoms with van der Waals surface area (Å²) in [6.45, 7) is 1.98. The van der Waals surface area contributed by atoms with Crippen molar-refractivity contribution in [1.29, 1.82) is 0 Å². The standard InChI is InChI=1S/C12H19N3OS/c1-8-7-14-12(17-8)15-11(16)9-5-3-2-4-6-10(9)13/h7,9-10H,2-6,13H2,1H3,(H,14,15,16). The third-order valence-electron chi connectivity index (χ3n) is 3.26. The van der Waals surface area contributed by atoms with Crippen LogP contribution in [0.3, 0.4) is 0 Å². The zero-order chi connectivity index (χ0) is 12.3. The predicted molar refractivity (Wildman–Crippen MR) is 70.0 cm³/mol. The zero-order valence-corrected chi connectivity index (χ0v) is 10.9. The molecule has 1 saturated carbocycles. The van der Waals surface area contributed by atoms with Crippen LogP contribution >= 0.6 is 11.3 Å². The molecule has 0 saturated heterocycles. The fourth-order valence-electron chi connectivity index (χ4n) is 2.27. The number of nitrogens with two attached hydrogens (primary N) is 1. The number of hydrogen-bond acceptors (Lipinski definition) is 4. The van der Waals surface area contributed by atoms with Crippen molar-refractivity contribution in [3.8, 4) is 0 Å². The van der Waals surface area contributed by atoms with Gasteiger partial charge in [-0.2, -0.15) is 0 Å². The van der Waals surface area contributed by atoms with Gasteiger partial charge in [0.1, 0.15) is 0 Å². The molecule has 1 aromatic rings. The number of anilines is 1. The van der Waals surface area contributed by atoms with E-state index in [1.807, 2.05) is 6.92 Å². The van der Waals surface area contributed by atoms with Crippen molar-refractivity contribution in [2.75, 3.05) is 5.32 Å². The molecule has 2 unspecified atom stereocenters. The minimum atomic E-state index is -0.0540. The monoisotopic (exact) mass is 253 g/mol. The predicted octanol–water partition coefficient (Wildman–Crippen LogP) is 2.30. The Morgan fingerprint density at radius 1 is 1.47 bits per heavy atom. The molecule has 5 heteroatoms. The number of nitrogens with one attached hydrogen (secondary N) is 1. The van der Waals surface area contributed by atoms with Gasteiger partial charge in [-0.05, 0) is 19.8 Å². The maximum Gasteiger partial charge on any atom is 0.230 e. The quantitative estimate of drug-likeness (QED) is 0.795. The minimum Gasteiger partial charge on any atom is -0.327 e. The van der Waals surface area contributed by atoms with Crippen molar-refractivity contribution in [1.82, 2.24) is 4.98 Å². The molecule has 0 aromatic carbocycles. The molecule has 0 aliphatic heterocycles. The first-order valence-electron chi connectivity index (χ1n) is 6.15. The van der Waals surface area contributed by atoms with Crippen LogP contribution in [-0.2, 0) is 4.79 Å². The van der Waals surface area contributed by atoms with Crippen LogP contribution in [0.5, 0.6) is 0 Å². The lowest BCUT2D eigenvalue weighted by Crippen LogP contribution is -2.37. The number of nitrogens with zero attached hydrogens (tertiary/aromatic N) is 1. The van der Waals surface area contributed by atoms with E-state index in [-0.39, 0.29) is 17.9 Å². The molecule has 1 amide bonds. The summed E-state index contributed by atoms with van der Waals surface area (Å²) in [7, 11) is 0. The number of carbonyl (C=O) groups excluding carboxylic acids is 1. The van der Waals surface area contributed by atoms with Crippen molar-refractivity contribution >= 4 is 22.4 Å². The molecule has 1 aromatic heterocycles. The fraction of sp³-hybridized carbons (Fsp3) is 0.667. The van der Waals surface area contributed by atoms with Gasteiger partial charge in [-0.15, -0.1) is 11.3 Å². The largest absolute Gasteiger partial charge is 0.327 e. The van der Waals surface area contributed by atoms with Gasteiger partial charge in [0.2, 0.25) is 5.91 Å². The average Bonchev–Trinajstić information content (AvgIpc) is 2.57. The second-order valence-electron chi connectivity index (χ2n) is 4.67. The fourth-order valence-corrected chi connectivity index (χ4v) is 2.94. The molecule has 0 spiro atoms. The van der Waals surface area contributed by atoms with Crippen LogP contribution in [-0.4, -0.2) is 16.9 Å². The first-order chi connectivity index (χ1) is 8.16. The van der Waals surface area contributed by atoms with Gasteiger partial charge in [-0.25, -0.2) is 4.98 Å². The first kappa shape index (κ1) is 12.5. The maximum atomic E-state index is 12.1. The van der Waals surface area contributed by atoms with Crippen LogP contribution in [0, 0.1) is 12.8 Å². The van der Waals surface area contributed by atoms with E-state index in [1.54, 1.807) is 6.20 Å². The Balaban J connectivity index is 1.98. The highest BCUT2D eigenvalue weighted by atomic mass is 32.1. The van der Waals surface area contributed by atoms with Gasteiger partial charge >= 0.3 is 0 Å². The van der Waals surface area contributed by atoms with Gasteiger partial charge in [-0.3, -0.25) is 4.79 Å². The molecule has 0 bridgehead atoms. The molecule has 3 N–H and O–H groups in total. The van der Waals surface area contributed by atoms with Crippen molar-refractivity contribution in [3.05, 3.63) is 11.1 Å². The van der Waals surface area contributed by atoms with Gasteiger partial charge < -0.3 is 11.1 Å². The average molecular weight is 253 g/mol. The molecular weight excluding hydrogens is 234 g/mol.